The average molecular weight is 400 g/mol. The Kier molecular flexibility index (Phi) is 5.67. The second kappa shape index (κ2) is 8.17. The van der Waals surface area contributed by atoms with Gasteiger partial charge in [0.2, 0.25) is 0 Å². The molecule has 0 bridgehead atoms. The quantitative estimate of drug-likeness (QED) is 0.431. The molecular weight excluding hydrogens is 380 g/mol. The first-order valence-electron chi connectivity index (χ1n) is 8.77. The van der Waals surface area contributed by atoms with Gasteiger partial charge in [-0.2, -0.15) is 0 Å². The molecule has 0 saturated carbocycles. The molecule has 1 aliphatic rings. The first kappa shape index (κ1) is 20.1. The van der Waals surface area contributed by atoms with Crippen LogP contribution in [0.5, 0.6) is 11.5 Å². The van der Waals surface area contributed by atoms with Crippen LogP contribution in [0.2, 0.25) is 0 Å². The lowest BCUT2D eigenvalue weighted by atomic mass is 9.93. The lowest BCUT2D eigenvalue weighted by Crippen LogP contribution is -2.49. The zero-order valence-electron chi connectivity index (χ0n) is 16.2. The number of benzene rings is 2. The molecule has 0 unspecified atom stereocenters. The normalized spacial score (nSPS) is 15.3. The largest absolute Gasteiger partial charge is 0.493 e. The van der Waals surface area contributed by atoms with Gasteiger partial charge in [0.15, 0.2) is 11.5 Å². The van der Waals surface area contributed by atoms with Crippen molar-refractivity contribution in [3.8, 4) is 11.5 Å². The van der Waals surface area contributed by atoms with Crippen molar-refractivity contribution in [2.75, 3.05) is 21.3 Å². The van der Waals surface area contributed by atoms with Gasteiger partial charge < -0.3 is 19.1 Å². The SMILES string of the molecule is COC(=O)[C@@H]1Cc2ccccc2CN1C(=O)c1cc(OC)c(OC)cc1[N+](=O)[O-]. The maximum absolute atomic E-state index is 13.4. The number of methoxy groups -OCH3 is 3. The Bertz CT molecular complexity index is 973. The van der Waals surface area contributed by atoms with Crippen molar-refractivity contribution in [3.63, 3.8) is 0 Å². The molecule has 0 spiro atoms. The van der Waals surface area contributed by atoms with Crippen LogP contribution in [0.3, 0.4) is 0 Å². The molecule has 29 heavy (non-hydrogen) atoms. The van der Waals surface area contributed by atoms with Crippen molar-refractivity contribution in [1.82, 2.24) is 4.90 Å². The lowest BCUT2D eigenvalue weighted by Gasteiger charge is -2.35. The Balaban J connectivity index is 2.10. The van der Waals surface area contributed by atoms with E-state index < -0.39 is 28.5 Å². The maximum Gasteiger partial charge on any atom is 0.328 e. The van der Waals surface area contributed by atoms with E-state index in [0.717, 1.165) is 17.2 Å². The van der Waals surface area contributed by atoms with Crippen LogP contribution in [0.4, 0.5) is 5.69 Å². The van der Waals surface area contributed by atoms with Crippen LogP contribution in [-0.2, 0) is 22.5 Å². The van der Waals surface area contributed by atoms with E-state index in [0.29, 0.717) is 0 Å². The predicted octanol–water partition coefficient (Wildman–Crippen LogP) is 2.35. The molecule has 0 aliphatic carbocycles. The van der Waals surface area contributed by atoms with E-state index in [1.165, 1.54) is 32.3 Å². The Morgan fingerprint density at radius 3 is 2.28 bits per heavy atom. The highest BCUT2D eigenvalue weighted by Crippen LogP contribution is 2.36. The van der Waals surface area contributed by atoms with Crippen molar-refractivity contribution >= 4 is 17.6 Å². The fourth-order valence-corrected chi connectivity index (χ4v) is 3.43. The van der Waals surface area contributed by atoms with Crippen LogP contribution in [0.25, 0.3) is 0 Å². The van der Waals surface area contributed by atoms with Gasteiger partial charge in [-0.25, -0.2) is 4.79 Å². The van der Waals surface area contributed by atoms with E-state index in [2.05, 4.69) is 0 Å². The van der Waals surface area contributed by atoms with Gasteiger partial charge in [0.25, 0.3) is 11.6 Å². The van der Waals surface area contributed by atoms with Crippen molar-refractivity contribution < 1.29 is 28.7 Å². The number of hydrogen-bond donors (Lipinski definition) is 0. The highest BCUT2D eigenvalue weighted by atomic mass is 16.6. The van der Waals surface area contributed by atoms with Gasteiger partial charge in [-0.15, -0.1) is 0 Å². The molecule has 0 saturated heterocycles. The number of rotatable bonds is 5. The summed E-state index contributed by atoms with van der Waals surface area (Å²) in [5.74, 6) is -0.948. The van der Waals surface area contributed by atoms with Crippen LogP contribution < -0.4 is 9.47 Å². The number of carbonyl (C=O) groups is 2. The van der Waals surface area contributed by atoms with E-state index >= 15 is 0 Å². The second-order valence-corrected chi connectivity index (χ2v) is 6.43. The molecule has 152 valence electrons. The minimum Gasteiger partial charge on any atom is -0.493 e. The summed E-state index contributed by atoms with van der Waals surface area (Å²) in [6, 6.07) is 8.92. The van der Waals surface area contributed by atoms with E-state index in [-0.39, 0.29) is 30.0 Å². The van der Waals surface area contributed by atoms with Gasteiger partial charge in [-0.3, -0.25) is 14.9 Å². The van der Waals surface area contributed by atoms with Gasteiger partial charge in [-0.05, 0) is 11.1 Å². The summed E-state index contributed by atoms with van der Waals surface area (Å²) >= 11 is 0. The molecule has 0 radical (unpaired) electrons. The minimum absolute atomic E-state index is 0.125. The van der Waals surface area contributed by atoms with Crippen LogP contribution in [0.1, 0.15) is 21.5 Å². The standard InChI is InChI=1S/C20H20N2O7/c1-27-17-9-14(15(22(25)26)10-18(17)28-2)19(23)21-11-13-7-5-4-6-12(13)8-16(21)20(24)29-3/h4-7,9-10,16H,8,11H2,1-3H3/t16-/m0/s1. The van der Waals surface area contributed by atoms with Crippen LogP contribution in [0, 0.1) is 10.1 Å². The Hall–Kier alpha value is -3.62. The molecule has 1 aliphatic heterocycles. The summed E-state index contributed by atoms with van der Waals surface area (Å²) < 4.78 is 15.2. The monoisotopic (exact) mass is 400 g/mol. The van der Waals surface area contributed by atoms with E-state index in [1.54, 1.807) is 0 Å². The average Bonchev–Trinajstić information content (AvgIpc) is 2.75. The number of esters is 1. The van der Waals surface area contributed by atoms with Crippen molar-refractivity contribution in [2.45, 2.75) is 19.0 Å². The highest BCUT2D eigenvalue weighted by molar-refractivity contribution is 6.01. The molecular formula is C20H20N2O7. The minimum atomic E-state index is -0.893. The number of nitro groups is 1. The fraction of sp³-hybridized carbons (Fsp3) is 0.300. The molecule has 9 nitrogen and oxygen atoms in total. The number of nitrogens with zero attached hydrogens (tertiary/aromatic N) is 2. The number of nitro benzene ring substituents is 1. The molecule has 0 fully saturated rings. The van der Waals surface area contributed by atoms with Gasteiger partial charge in [0.1, 0.15) is 11.6 Å². The number of hydrogen-bond acceptors (Lipinski definition) is 7. The number of ether oxygens (including phenoxy) is 3. The fourth-order valence-electron chi connectivity index (χ4n) is 3.43. The molecule has 1 amide bonds. The van der Waals surface area contributed by atoms with Crippen LogP contribution in [-0.4, -0.2) is 49.1 Å². The maximum atomic E-state index is 13.4. The van der Waals surface area contributed by atoms with E-state index in [9.17, 15) is 19.7 Å². The topological polar surface area (TPSA) is 108 Å². The van der Waals surface area contributed by atoms with Crippen LogP contribution in [0.15, 0.2) is 36.4 Å². The third-order valence-electron chi connectivity index (χ3n) is 4.91. The summed E-state index contributed by atoms with van der Waals surface area (Å²) in [6.07, 6.45) is 0.260. The third-order valence-corrected chi connectivity index (χ3v) is 4.91. The van der Waals surface area contributed by atoms with Crippen molar-refractivity contribution in [1.29, 1.82) is 0 Å². The Morgan fingerprint density at radius 1 is 1.07 bits per heavy atom. The summed E-state index contributed by atoms with van der Waals surface area (Å²) in [7, 11) is 3.95. The first-order chi connectivity index (χ1) is 13.9. The van der Waals surface area contributed by atoms with E-state index in [4.69, 9.17) is 14.2 Å². The first-order valence-corrected chi connectivity index (χ1v) is 8.77. The molecule has 2 aromatic carbocycles. The summed E-state index contributed by atoms with van der Waals surface area (Å²) in [6.45, 7) is 0.125. The van der Waals surface area contributed by atoms with Crippen molar-refractivity contribution in [2.24, 2.45) is 0 Å². The van der Waals surface area contributed by atoms with Crippen LogP contribution >= 0.6 is 0 Å². The summed E-state index contributed by atoms with van der Waals surface area (Å²) in [5, 5.41) is 11.6. The Labute approximate surface area is 166 Å². The highest BCUT2D eigenvalue weighted by Gasteiger charge is 2.38. The molecule has 1 atom stereocenters. The molecule has 0 N–H and O–H groups in total. The number of amides is 1. The molecule has 0 aromatic heterocycles. The predicted molar refractivity (Wildman–Crippen MR) is 102 cm³/mol. The molecule has 2 aromatic rings. The van der Waals surface area contributed by atoms with Gasteiger partial charge in [0, 0.05) is 19.0 Å². The van der Waals surface area contributed by atoms with Crippen molar-refractivity contribution in [3.05, 3.63) is 63.2 Å². The van der Waals surface area contributed by atoms with Gasteiger partial charge in [0.05, 0.1) is 32.3 Å². The second-order valence-electron chi connectivity index (χ2n) is 6.43. The molecule has 1 heterocycles. The summed E-state index contributed by atoms with van der Waals surface area (Å²) in [4.78, 5) is 37.9. The third kappa shape index (κ3) is 3.71. The summed E-state index contributed by atoms with van der Waals surface area (Å²) in [5.41, 5.74) is 1.16. The van der Waals surface area contributed by atoms with E-state index in [1.807, 2.05) is 24.3 Å². The Morgan fingerprint density at radius 2 is 1.69 bits per heavy atom. The molecule has 9 heteroatoms. The zero-order valence-corrected chi connectivity index (χ0v) is 16.2. The number of fused-ring (bicyclic) bond motifs is 1. The van der Waals surface area contributed by atoms with Gasteiger partial charge in [-0.1, -0.05) is 24.3 Å². The smallest absolute Gasteiger partial charge is 0.328 e. The lowest BCUT2D eigenvalue weighted by molar-refractivity contribution is -0.385. The zero-order chi connectivity index (χ0) is 21.1. The number of carbonyl (C=O) groups excluding carboxylic acids is 2. The molecule has 3 rings (SSSR count). The van der Waals surface area contributed by atoms with Gasteiger partial charge >= 0.3 is 5.97 Å².